The number of ether oxygens (including phenoxy) is 1. The summed E-state index contributed by atoms with van der Waals surface area (Å²) in [7, 11) is 2.26. The first-order valence-corrected chi connectivity index (χ1v) is 11.8. The van der Waals surface area contributed by atoms with Crippen molar-refractivity contribution in [2.24, 2.45) is 5.92 Å². The molecule has 2 saturated heterocycles. The van der Waals surface area contributed by atoms with Crippen molar-refractivity contribution in [1.82, 2.24) is 19.8 Å². The standard InChI is InChI=1S/C24H30N6O2/c1-15-13-29(19-6-5-18(12-25)30-20(19)7-9-26-30)14-21(32-15)23(31)27-17-10-16-4-3-8-24(16)22(11-17)28(24)2/h5-7,9,15-17,21-22H,3-4,8,10-11,13-14H2,1-2H3,(H,27,31)/t15-,16?,17?,21-,22?,24?,28?/m1/s1. The lowest BCUT2D eigenvalue weighted by Gasteiger charge is -2.38. The van der Waals surface area contributed by atoms with Crippen LogP contribution in [0.25, 0.3) is 5.52 Å². The fourth-order valence-electron chi connectivity index (χ4n) is 7.01. The number of carbonyl (C=O) groups is 1. The van der Waals surface area contributed by atoms with Crippen molar-refractivity contribution in [3.63, 3.8) is 0 Å². The van der Waals surface area contributed by atoms with Crippen LogP contribution in [0.4, 0.5) is 5.69 Å². The lowest BCUT2D eigenvalue weighted by Crippen LogP contribution is -2.55. The first-order chi connectivity index (χ1) is 15.5. The Kier molecular flexibility index (Phi) is 4.50. The van der Waals surface area contributed by atoms with E-state index in [4.69, 9.17) is 4.74 Å². The molecule has 4 aliphatic rings. The zero-order chi connectivity index (χ0) is 22.0. The molecule has 4 fully saturated rings. The molecule has 2 aliphatic heterocycles. The molecule has 2 saturated carbocycles. The number of hydrogen-bond donors (Lipinski definition) is 1. The maximum atomic E-state index is 13.3. The van der Waals surface area contributed by atoms with Crippen LogP contribution in [0.2, 0.25) is 0 Å². The number of likely N-dealkylation sites (tertiary alicyclic amines) is 1. The van der Waals surface area contributed by atoms with Crippen LogP contribution in [0.15, 0.2) is 24.4 Å². The molecular weight excluding hydrogens is 404 g/mol. The van der Waals surface area contributed by atoms with E-state index in [9.17, 15) is 10.1 Å². The van der Waals surface area contributed by atoms with Crippen molar-refractivity contribution in [3.05, 3.63) is 30.1 Å². The SMILES string of the molecule is C[C@@H]1CN(c2ccc(C#N)n3nccc23)C[C@H](C(=O)NC2CC3CCCC34C(C2)N4C)O1. The molecule has 5 unspecified atom stereocenters. The molecular formula is C24H30N6O2. The fourth-order valence-corrected chi connectivity index (χ4v) is 7.01. The minimum Gasteiger partial charge on any atom is -0.364 e. The minimum atomic E-state index is -0.510. The summed E-state index contributed by atoms with van der Waals surface area (Å²) in [5.41, 5.74) is 2.79. The summed E-state index contributed by atoms with van der Waals surface area (Å²) in [6.45, 7) is 3.19. The van der Waals surface area contributed by atoms with Crippen molar-refractivity contribution in [2.45, 2.75) is 68.9 Å². The molecule has 1 N–H and O–H groups in total. The minimum absolute atomic E-state index is 0.00137. The number of aromatic nitrogens is 2. The van der Waals surface area contributed by atoms with Crippen molar-refractivity contribution < 1.29 is 9.53 Å². The first kappa shape index (κ1) is 20.0. The molecule has 2 aromatic heterocycles. The van der Waals surface area contributed by atoms with E-state index >= 15 is 0 Å². The van der Waals surface area contributed by atoms with Gasteiger partial charge < -0.3 is 15.0 Å². The summed E-state index contributed by atoms with van der Waals surface area (Å²) >= 11 is 0. The van der Waals surface area contributed by atoms with E-state index in [-0.39, 0.29) is 18.1 Å². The molecule has 0 aromatic carbocycles. The lowest BCUT2D eigenvalue weighted by atomic mass is 9.78. The number of carbonyl (C=O) groups excluding carboxylic acids is 1. The van der Waals surface area contributed by atoms with Gasteiger partial charge in [0.1, 0.15) is 11.8 Å². The summed E-state index contributed by atoms with van der Waals surface area (Å²) in [5.74, 6) is 0.714. The zero-order valence-electron chi connectivity index (χ0n) is 18.7. The van der Waals surface area contributed by atoms with Crippen LogP contribution in [0.1, 0.15) is 44.7 Å². The van der Waals surface area contributed by atoms with E-state index in [1.807, 2.05) is 19.1 Å². The van der Waals surface area contributed by atoms with E-state index in [1.165, 1.54) is 19.3 Å². The van der Waals surface area contributed by atoms with Gasteiger partial charge in [0.2, 0.25) is 0 Å². The Morgan fingerprint density at radius 2 is 2.19 bits per heavy atom. The average molecular weight is 435 g/mol. The smallest absolute Gasteiger partial charge is 0.251 e. The van der Waals surface area contributed by atoms with Gasteiger partial charge >= 0.3 is 0 Å². The maximum absolute atomic E-state index is 13.3. The molecule has 0 bridgehead atoms. The van der Waals surface area contributed by atoms with Crippen LogP contribution < -0.4 is 10.2 Å². The molecule has 6 rings (SSSR count). The number of nitriles is 1. The molecule has 1 spiro atoms. The van der Waals surface area contributed by atoms with Crippen LogP contribution >= 0.6 is 0 Å². The van der Waals surface area contributed by atoms with Gasteiger partial charge in [-0.05, 0) is 63.8 Å². The quantitative estimate of drug-likeness (QED) is 0.743. The van der Waals surface area contributed by atoms with Gasteiger partial charge in [0.15, 0.2) is 6.10 Å². The molecule has 1 amide bonds. The van der Waals surface area contributed by atoms with Crippen LogP contribution in [0.3, 0.4) is 0 Å². The summed E-state index contributed by atoms with van der Waals surface area (Å²) in [6, 6.07) is 8.69. The highest BCUT2D eigenvalue weighted by Gasteiger charge is 2.68. The molecule has 32 heavy (non-hydrogen) atoms. The van der Waals surface area contributed by atoms with Crippen molar-refractivity contribution in [2.75, 3.05) is 25.0 Å². The molecule has 7 atom stereocenters. The fraction of sp³-hybridized carbons (Fsp3) is 0.625. The third-order valence-electron chi connectivity index (χ3n) is 8.43. The van der Waals surface area contributed by atoms with E-state index in [2.05, 4.69) is 33.3 Å². The average Bonchev–Trinajstić information content (AvgIpc) is 3.18. The monoisotopic (exact) mass is 434 g/mol. The van der Waals surface area contributed by atoms with Crippen molar-refractivity contribution >= 4 is 17.1 Å². The molecule has 8 heteroatoms. The second-order valence-electron chi connectivity index (χ2n) is 10.1. The number of hydrogen-bond acceptors (Lipinski definition) is 6. The second-order valence-corrected chi connectivity index (χ2v) is 10.1. The molecule has 2 aromatic rings. The molecule has 0 radical (unpaired) electrons. The predicted octanol–water partition coefficient (Wildman–Crippen LogP) is 1.93. The second kappa shape index (κ2) is 7.19. The summed E-state index contributed by atoms with van der Waals surface area (Å²) < 4.78 is 7.74. The number of morpholine rings is 1. The number of pyridine rings is 1. The van der Waals surface area contributed by atoms with E-state index in [0.29, 0.717) is 36.3 Å². The van der Waals surface area contributed by atoms with Gasteiger partial charge in [0, 0.05) is 24.2 Å². The Bertz CT molecular complexity index is 1110. The Morgan fingerprint density at radius 3 is 3.03 bits per heavy atom. The number of nitrogens with one attached hydrogen (secondary N) is 1. The van der Waals surface area contributed by atoms with Gasteiger partial charge in [-0.25, -0.2) is 4.52 Å². The predicted molar refractivity (Wildman–Crippen MR) is 119 cm³/mol. The van der Waals surface area contributed by atoms with Crippen LogP contribution in [-0.2, 0) is 9.53 Å². The topological polar surface area (TPSA) is 85.7 Å². The Labute approximate surface area is 188 Å². The largest absolute Gasteiger partial charge is 0.364 e. The summed E-state index contributed by atoms with van der Waals surface area (Å²) in [5, 5.41) is 17.0. The van der Waals surface area contributed by atoms with Crippen LogP contribution in [0.5, 0.6) is 0 Å². The highest BCUT2D eigenvalue weighted by atomic mass is 16.5. The Balaban J connectivity index is 1.18. The third kappa shape index (κ3) is 2.87. The summed E-state index contributed by atoms with van der Waals surface area (Å²) in [6.07, 6.45) is 7.20. The van der Waals surface area contributed by atoms with Gasteiger partial charge in [0.05, 0.1) is 30.0 Å². The van der Waals surface area contributed by atoms with Gasteiger partial charge in [-0.2, -0.15) is 10.4 Å². The number of anilines is 1. The van der Waals surface area contributed by atoms with E-state index in [0.717, 1.165) is 24.0 Å². The van der Waals surface area contributed by atoms with Gasteiger partial charge in [-0.1, -0.05) is 6.42 Å². The molecule has 168 valence electrons. The number of amides is 1. The molecule has 2 aliphatic carbocycles. The number of likely N-dealkylation sites (N-methyl/N-ethyl adjacent to an activating group) is 1. The number of nitrogens with zero attached hydrogens (tertiary/aromatic N) is 5. The highest BCUT2D eigenvalue weighted by Crippen LogP contribution is 2.60. The Morgan fingerprint density at radius 1 is 1.31 bits per heavy atom. The number of rotatable bonds is 3. The third-order valence-corrected chi connectivity index (χ3v) is 8.43. The first-order valence-electron chi connectivity index (χ1n) is 11.8. The zero-order valence-corrected chi connectivity index (χ0v) is 18.7. The molecule has 4 heterocycles. The van der Waals surface area contributed by atoms with Gasteiger partial charge in [-0.15, -0.1) is 0 Å². The maximum Gasteiger partial charge on any atom is 0.251 e. The Hall–Kier alpha value is -2.63. The van der Waals surface area contributed by atoms with Gasteiger partial charge in [0.25, 0.3) is 5.91 Å². The van der Waals surface area contributed by atoms with Crippen LogP contribution in [0, 0.1) is 17.2 Å². The number of fused-ring (bicyclic) bond motifs is 1. The van der Waals surface area contributed by atoms with Crippen molar-refractivity contribution in [1.29, 1.82) is 5.26 Å². The highest BCUT2D eigenvalue weighted by molar-refractivity contribution is 5.83. The van der Waals surface area contributed by atoms with E-state index in [1.54, 1.807) is 16.8 Å². The van der Waals surface area contributed by atoms with Crippen molar-refractivity contribution in [3.8, 4) is 6.07 Å². The summed E-state index contributed by atoms with van der Waals surface area (Å²) in [4.78, 5) is 18.0. The van der Waals surface area contributed by atoms with Gasteiger partial charge in [-0.3, -0.25) is 9.69 Å². The van der Waals surface area contributed by atoms with Crippen LogP contribution in [-0.4, -0.2) is 70.4 Å². The lowest BCUT2D eigenvalue weighted by molar-refractivity contribution is -0.138. The normalized spacial score (nSPS) is 38.1. The molecule has 8 nitrogen and oxygen atoms in total. The van der Waals surface area contributed by atoms with E-state index < -0.39 is 6.10 Å².